The summed E-state index contributed by atoms with van der Waals surface area (Å²) in [6.07, 6.45) is 0.724. The van der Waals surface area contributed by atoms with E-state index in [-0.39, 0.29) is 13.2 Å². The molecule has 2 aromatic heterocycles. The quantitative estimate of drug-likeness (QED) is 0.783. The Bertz CT molecular complexity index is 471. The van der Waals surface area contributed by atoms with Crippen LogP contribution >= 0.6 is 22.7 Å². The lowest BCUT2D eigenvalue weighted by Gasteiger charge is -2.19. The minimum absolute atomic E-state index is 0.132. The molecule has 0 fully saturated rings. The van der Waals surface area contributed by atoms with Gasteiger partial charge in [0, 0.05) is 31.6 Å². The second-order valence-electron chi connectivity index (χ2n) is 4.20. The maximum Gasteiger partial charge on any atom is 0.133 e. The highest BCUT2D eigenvalue weighted by atomic mass is 32.1. The normalized spacial score (nSPS) is 11.3. The number of thiophene rings is 1. The molecule has 0 bridgehead atoms. The molecule has 104 valence electrons. The molecule has 0 amide bonds. The van der Waals surface area contributed by atoms with Crippen molar-refractivity contribution in [1.82, 2.24) is 9.88 Å². The van der Waals surface area contributed by atoms with Crippen molar-refractivity contribution in [3.63, 3.8) is 0 Å². The van der Waals surface area contributed by atoms with Crippen LogP contribution in [-0.4, -0.2) is 46.4 Å². The molecule has 0 saturated carbocycles. The summed E-state index contributed by atoms with van der Waals surface area (Å²) >= 11 is 3.35. The molecule has 2 N–H and O–H groups in total. The van der Waals surface area contributed by atoms with Crippen LogP contribution in [0.5, 0.6) is 0 Å². The van der Waals surface area contributed by atoms with E-state index in [4.69, 9.17) is 10.2 Å². The third-order valence-electron chi connectivity index (χ3n) is 2.72. The number of hydrogen-bond donors (Lipinski definition) is 2. The number of nitrogens with zero attached hydrogens (tertiary/aromatic N) is 2. The van der Waals surface area contributed by atoms with Gasteiger partial charge in [0.2, 0.25) is 0 Å². The third-order valence-corrected chi connectivity index (χ3v) is 4.65. The van der Waals surface area contributed by atoms with Crippen molar-refractivity contribution < 1.29 is 10.2 Å². The SMILES string of the molecule is OCCCN(CCO)Cc1csc(-c2cccs2)n1. The summed E-state index contributed by atoms with van der Waals surface area (Å²) in [5.41, 5.74) is 1.03. The minimum Gasteiger partial charge on any atom is -0.396 e. The molecule has 0 aliphatic rings. The van der Waals surface area contributed by atoms with Crippen LogP contribution in [0.1, 0.15) is 12.1 Å². The van der Waals surface area contributed by atoms with Gasteiger partial charge in [0.1, 0.15) is 5.01 Å². The number of aromatic nitrogens is 1. The first-order valence-electron chi connectivity index (χ1n) is 6.26. The zero-order chi connectivity index (χ0) is 13.5. The van der Waals surface area contributed by atoms with Crippen molar-refractivity contribution in [3.05, 3.63) is 28.6 Å². The summed E-state index contributed by atoms with van der Waals surface area (Å²) in [6, 6.07) is 4.10. The highest BCUT2D eigenvalue weighted by Crippen LogP contribution is 2.28. The Labute approximate surface area is 121 Å². The van der Waals surface area contributed by atoms with Crippen molar-refractivity contribution >= 4 is 22.7 Å². The van der Waals surface area contributed by atoms with E-state index in [1.54, 1.807) is 22.7 Å². The summed E-state index contributed by atoms with van der Waals surface area (Å²) in [7, 11) is 0. The van der Waals surface area contributed by atoms with Crippen LogP contribution in [0.3, 0.4) is 0 Å². The van der Waals surface area contributed by atoms with E-state index in [0.717, 1.165) is 30.2 Å². The minimum atomic E-state index is 0.132. The second kappa shape index (κ2) is 7.72. The van der Waals surface area contributed by atoms with Gasteiger partial charge in [-0.3, -0.25) is 4.90 Å². The summed E-state index contributed by atoms with van der Waals surface area (Å²) in [5, 5.41) is 23.1. The molecule has 0 saturated heterocycles. The third kappa shape index (κ3) is 4.36. The van der Waals surface area contributed by atoms with E-state index in [2.05, 4.69) is 26.7 Å². The zero-order valence-electron chi connectivity index (χ0n) is 10.7. The molecule has 4 nitrogen and oxygen atoms in total. The Morgan fingerprint density at radius 2 is 2.05 bits per heavy atom. The van der Waals surface area contributed by atoms with Gasteiger partial charge in [-0.25, -0.2) is 4.98 Å². The molecular formula is C13H18N2O2S2. The zero-order valence-corrected chi connectivity index (χ0v) is 12.3. The molecule has 2 aromatic rings. The maximum absolute atomic E-state index is 9.05. The second-order valence-corrected chi connectivity index (χ2v) is 6.00. The molecule has 0 aliphatic heterocycles. The highest BCUT2D eigenvalue weighted by molar-refractivity contribution is 7.20. The maximum atomic E-state index is 9.05. The molecule has 0 radical (unpaired) electrons. The Balaban J connectivity index is 1.97. The van der Waals surface area contributed by atoms with E-state index >= 15 is 0 Å². The van der Waals surface area contributed by atoms with Crippen LogP contribution in [0.15, 0.2) is 22.9 Å². The molecule has 0 atom stereocenters. The Morgan fingerprint density at radius 3 is 2.74 bits per heavy atom. The number of aliphatic hydroxyl groups excluding tert-OH is 2. The van der Waals surface area contributed by atoms with Crippen molar-refractivity contribution in [2.24, 2.45) is 0 Å². The first-order valence-corrected chi connectivity index (χ1v) is 8.01. The lowest BCUT2D eigenvalue weighted by molar-refractivity contribution is 0.173. The number of hydrogen-bond acceptors (Lipinski definition) is 6. The molecular weight excluding hydrogens is 280 g/mol. The average molecular weight is 298 g/mol. The molecule has 0 aromatic carbocycles. The predicted octanol–water partition coefficient (Wildman–Crippen LogP) is 2.05. The van der Waals surface area contributed by atoms with Crippen LogP contribution < -0.4 is 0 Å². The van der Waals surface area contributed by atoms with Gasteiger partial charge in [0.15, 0.2) is 0 Å². The largest absolute Gasteiger partial charge is 0.396 e. The molecule has 2 heterocycles. The summed E-state index contributed by atoms with van der Waals surface area (Å²) in [6.45, 7) is 2.43. The fourth-order valence-electron chi connectivity index (χ4n) is 1.83. The fraction of sp³-hybridized carbons (Fsp3) is 0.462. The van der Waals surface area contributed by atoms with Gasteiger partial charge in [-0.2, -0.15) is 0 Å². The Kier molecular flexibility index (Phi) is 5.93. The molecule has 6 heteroatoms. The fourth-order valence-corrected chi connectivity index (χ4v) is 3.45. The van der Waals surface area contributed by atoms with Crippen LogP contribution in [0.4, 0.5) is 0 Å². The first-order chi connectivity index (χ1) is 9.33. The van der Waals surface area contributed by atoms with E-state index < -0.39 is 0 Å². The Morgan fingerprint density at radius 1 is 1.16 bits per heavy atom. The highest BCUT2D eigenvalue weighted by Gasteiger charge is 2.10. The van der Waals surface area contributed by atoms with Gasteiger partial charge >= 0.3 is 0 Å². The summed E-state index contributed by atoms with van der Waals surface area (Å²) in [5.74, 6) is 0. The van der Waals surface area contributed by atoms with Crippen LogP contribution in [0.25, 0.3) is 9.88 Å². The van der Waals surface area contributed by atoms with Gasteiger partial charge < -0.3 is 10.2 Å². The lowest BCUT2D eigenvalue weighted by Crippen LogP contribution is -2.28. The molecule has 0 unspecified atom stereocenters. The van der Waals surface area contributed by atoms with Crippen molar-refractivity contribution in [1.29, 1.82) is 0 Å². The van der Waals surface area contributed by atoms with E-state index in [1.165, 1.54) is 4.88 Å². The number of thiazole rings is 1. The molecule has 0 spiro atoms. The van der Waals surface area contributed by atoms with Crippen LogP contribution in [0, 0.1) is 0 Å². The van der Waals surface area contributed by atoms with Crippen LogP contribution in [-0.2, 0) is 6.54 Å². The van der Waals surface area contributed by atoms with Crippen molar-refractivity contribution in [2.75, 3.05) is 26.3 Å². The topological polar surface area (TPSA) is 56.6 Å². The summed E-state index contributed by atoms with van der Waals surface area (Å²) in [4.78, 5) is 7.94. The predicted molar refractivity (Wildman–Crippen MR) is 79.5 cm³/mol. The van der Waals surface area contributed by atoms with E-state index in [9.17, 15) is 0 Å². The van der Waals surface area contributed by atoms with Gasteiger partial charge in [0.05, 0.1) is 17.2 Å². The standard InChI is InChI=1S/C13H18N2O2S2/c16-6-2-4-15(5-7-17)9-11-10-19-13(14-11)12-3-1-8-18-12/h1,3,8,10,16-17H,2,4-7,9H2. The Hall–Kier alpha value is -0.790. The molecule has 0 aliphatic carbocycles. The average Bonchev–Trinajstić information content (AvgIpc) is 3.06. The van der Waals surface area contributed by atoms with E-state index in [0.29, 0.717) is 6.54 Å². The molecule has 2 rings (SSSR count). The first kappa shape index (κ1) is 14.6. The van der Waals surface area contributed by atoms with Gasteiger partial charge in [-0.05, 0) is 17.9 Å². The van der Waals surface area contributed by atoms with Crippen LogP contribution in [0.2, 0.25) is 0 Å². The van der Waals surface area contributed by atoms with Crippen molar-refractivity contribution in [2.45, 2.75) is 13.0 Å². The van der Waals surface area contributed by atoms with Crippen molar-refractivity contribution in [3.8, 4) is 9.88 Å². The number of rotatable bonds is 8. The lowest BCUT2D eigenvalue weighted by atomic mass is 10.3. The van der Waals surface area contributed by atoms with E-state index in [1.807, 2.05) is 6.07 Å². The summed E-state index contributed by atoms with van der Waals surface area (Å²) < 4.78 is 0. The molecule has 19 heavy (non-hydrogen) atoms. The smallest absolute Gasteiger partial charge is 0.133 e. The van der Waals surface area contributed by atoms with Gasteiger partial charge in [-0.1, -0.05) is 6.07 Å². The monoisotopic (exact) mass is 298 g/mol. The number of aliphatic hydroxyl groups is 2. The van der Waals surface area contributed by atoms with Gasteiger partial charge in [0.25, 0.3) is 0 Å². The van der Waals surface area contributed by atoms with Gasteiger partial charge in [-0.15, -0.1) is 22.7 Å².